The molecule has 4 heterocycles. The number of hydrogen-bond acceptors (Lipinski definition) is 6. The molecular formula is C26H25N5O. The van der Waals surface area contributed by atoms with E-state index in [1.807, 2.05) is 49.6 Å². The summed E-state index contributed by atoms with van der Waals surface area (Å²) in [4.78, 5) is 20.6. The Kier molecular flexibility index (Phi) is 5.85. The fourth-order valence-corrected chi connectivity index (χ4v) is 4.01. The highest BCUT2D eigenvalue weighted by molar-refractivity contribution is 5.61. The average molecular weight is 424 g/mol. The van der Waals surface area contributed by atoms with Gasteiger partial charge in [-0.2, -0.15) is 0 Å². The highest BCUT2D eigenvalue weighted by Crippen LogP contribution is 2.24. The molecule has 0 spiro atoms. The summed E-state index contributed by atoms with van der Waals surface area (Å²) in [6, 6.07) is 16.2. The van der Waals surface area contributed by atoms with Crippen LogP contribution in [0.2, 0.25) is 0 Å². The highest BCUT2D eigenvalue weighted by Gasteiger charge is 2.19. The van der Waals surface area contributed by atoms with E-state index in [2.05, 4.69) is 33.1 Å². The first kappa shape index (κ1) is 20.3. The van der Waals surface area contributed by atoms with Crippen molar-refractivity contribution < 1.29 is 4.74 Å². The maximum atomic E-state index is 5.61. The molecule has 0 fully saturated rings. The van der Waals surface area contributed by atoms with Crippen LogP contribution in [0.3, 0.4) is 0 Å². The molecule has 5 rings (SSSR count). The standard InChI is InChI=1S/C26H25N5O/c1-2-32-23-5-3-4-21(14-23)24-7-6-19(15-28-24)17-31-13-10-25-22(18-31)16-29-26(30-25)20-8-11-27-12-9-20/h3-9,11-12,14-16H,2,10,13,17-18H2,1H3. The molecule has 160 valence electrons. The van der Waals surface area contributed by atoms with Crippen LogP contribution >= 0.6 is 0 Å². The lowest BCUT2D eigenvalue weighted by atomic mass is 10.1. The van der Waals surface area contributed by atoms with Crippen LogP contribution in [0, 0.1) is 0 Å². The molecule has 3 aromatic heterocycles. The van der Waals surface area contributed by atoms with Crippen molar-refractivity contribution in [3.05, 3.63) is 90.1 Å². The zero-order valence-electron chi connectivity index (χ0n) is 18.1. The van der Waals surface area contributed by atoms with Gasteiger partial charge in [-0.15, -0.1) is 0 Å². The Labute approximate surface area is 188 Å². The second-order valence-corrected chi connectivity index (χ2v) is 7.87. The number of rotatable bonds is 6. The van der Waals surface area contributed by atoms with E-state index < -0.39 is 0 Å². The molecule has 0 amide bonds. The van der Waals surface area contributed by atoms with Crippen LogP contribution < -0.4 is 4.74 Å². The number of benzene rings is 1. The van der Waals surface area contributed by atoms with Crippen LogP contribution in [-0.4, -0.2) is 38.0 Å². The fourth-order valence-electron chi connectivity index (χ4n) is 4.01. The first-order valence-electron chi connectivity index (χ1n) is 10.9. The van der Waals surface area contributed by atoms with E-state index in [1.54, 1.807) is 12.4 Å². The molecule has 0 atom stereocenters. The second kappa shape index (κ2) is 9.24. The summed E-state index contributed by atoms with van der Waals surface area (Å²) < 4.78 is 5.61. The number of fused-ring (bicyclic) bond motifs is 1. The molecule has 32 heavy (non-hydrogen) atoms. The number of ether oxygens (including phenoxy) is 1. The Morgan fingerprint density at radius 2 is 1.88 bits per heavy atom. The summed E-state index contributed by atoms with van der Waals surface area (Å²) in [7, 11) is 0. The topological polar surface area (TPSA) is 64.0 Å². The van der Waals surface area contributed by atoms with Gasteiger partial charge in [-0.25, -0.2) is 9.97 Å². The second-order valence-electron chi connectivity index (χ2n) is 7.87. The molecule has 6 heteroatoms. The van der Waals surface area contributed by atoms with E-state index in [0.29, 0.717) is 6.61 Å². The van der Waals surface area contributed by atoms with Crippen molar-refractivity contribution in [2.75, 3.05) is 13.2 Å². The normalized spacial score (nSPS) is 13.5. The van der Waals surface area contributed by atoms with Gasteiger partial charge in [-0.1, -0.05) is 18.2 Å². The van der Waals surface area contributed by atoms with E-state index in [4.69, 9.17) is 14.7 Å². The van der Waals surface area contributed by atoms with E-state index >= 15 is 0 Å². The number of hydrogen-bond donors (Lipinski definition) is 0. The Bertz CT molecular complexity index is 1190. The summed E-state index contributed by atoms with van der Waals surface area (Å²) in [5, 5.41) is 0. The molecule has 0 N–H and O–H groups in total. The molecule has 0 radical (unpaired) electrons. The number of aromatic nitrogens is 4. The Hall–Kier alpha value is -3.64. The molecule has 1 aromatic carbocycles. The third-order valence-electron chi connectivity index (χ3n) is 5.62. The van der Waals surface area contributed by atoms with Crippen molar-refractivity contribution in [3.8, 4) is 28.4 Å². The molecule has 1 aliphatic rings. The molecule has 0 aliphatic carbocycles. The van der Waals surface area contributed by atoms with Gasteiger partial charge in [-0.05, 0) is 42.8 Å². The van der Waals surface area contributed by atoms with Crippen molar-refractivity contribution in [1.29, 1.82) is 0 Å². The van der Waals surface area contributed by atoms with Gasteiger partial charge in [0.05, 0.1) is 18.0 Å². The molecule has 1 aliphatic heterocycles. The summed E-state index contributed by atoms with van der Waals surface area (Å²) in [5.74, 6) is 1.64. The van der Waals surface area contributed by atoms with Crippen molar-refractivity contribution in [1.82, 2.24) is 24.8 Å². The monoisotopic (exact) mass is 423 g/mol. The smallest absolute Gasteiger partial charge is 0.159 e. The lowest BCUT2D eigenvalue weighted by molar-refractivity contribution is 0.242. The van der Waals surface area contributed by atoms with Crippen molar-refractivity contribution >= 4 is 0 Å². The molecular weight excluding hydrogens is 398 g/mol. The van der Waals surface area contributed by atoms with Gasteiger partial charge in [0, 0.05) is 67.5 Å². The molecule has 0 saturated carbocycles. The van der Waals surface area contributed by atoms with Crippen LogP contribution in [0.5, 0.6) is 5.75 Å². The Morgan fingerprint density at radius 1 is 0.969 bits per heavy atom. The summed E-state index contributed by atoms with van der Waals surface area (Å²) in [6.07, 6.45) is 8.41. The van der Waals surface area contributed by atoms with Crippen molar-refractivity contribution in [2.24, 2.45) is 0 Å². The molecule has 0 unspecified atom stereocenters. The van der Waals surface area contributed by atoms with Crippen molar-refractivity contribution in [3.63, 3.8) is 0 Å². The summed E-state index contributed by atoms with van der Waals surface area (Å²) >= 11 is 0. The molecule has 0 bridgehead atoms. The van der Waals surface area contributed by atoms with E-state index in [-0.39, 0.29) is 0 Å². The molecule has 4 aromatic rings. The summed E-state index contributed by atoms with van der Waals surface area (Å²) in [5.41, 5.74) is 6.57. The predicted molar refractivity (Wildman–Crippen MR) is 124 cm³/mol. The lowest BCUT2D eigenvalue weighted by Crippen LogP contribution is -2.31. The SMILES string of the molecule is CCOc1cccc(-c2ccc(CN3CCc4nc(-c5ccncc5)ncc4C3)cn2)c1. The minimum absolute atomic E-state index is 0.658. The minimum Gasteiger partial charge on any atom is -0.494 e. The summed E-state index contributed by atoms with van der Waals surface area (Å²) in [6.45, 7) is 5.33. The van der Waals surface area contributed by atoms with Crippen LogP contribution in [-0.2, 0) is 19.5 Å². The number of nitrogens with zero attached hydrogens (tertiary/aromatic N) is 5. The van der Waals surface area contributed by atoms with E-state index in [9.17, 15) is 0 Å². The maximum Gasteiger partial charge on any atom is 0.159 e. The zero-order chi connectivity index (χ0) is 21.8. The molecule has 0 saturated heterocycles. The van der Waals surface area contributed by atoms with Crippen LogP contribution in [0.4, 0.5) is 0 Å². The average Bonchev–Trinajstić information content (AvgIpc) is 2.85. The Morgan fingerprint density at radius 3 is 2.69 bits per heavy atom. The third kappa shape index (κ3) is 4.50. The van der Waals surface area contributed by atoms with Gasteiger partial charge in [-0.3, -0.25) is 14.9 Å². The van der Waals surface area contributed by atoms with Gasteiger partial charge >= 0.3 is 0 Å². The number of pyridine rings is 2. The van der Waals surface area contributed by atoms with Crippen LogP contribution in [0.1, 0.15) is 23.7 Å². The first-order valence-corrected chi connectivity index (χ1v) is 10.9. The lowest BCUT2D eigenvalue weighted by Gasteiger charge is -2.28. The van der Waals surface area contributed by atoms with Gasteiger partial charge in [0.25, 0.3) is 0 Å². The maximum absolute atomic E-state index is 5.61. The van der Waals surface area contributed by atoms with Gasteiger partial charge in [0.1, 0.15) is 5.75 Å². The fraction of sp³-hybridized carbons (Fsp3) is 0.231. The van der Waals surface area contributed by atoms with Gasteiger partial charge < -0.3 is 4.74 Å². The van der Waals surface area contributed by atoms with Crippen molar-refractivity contribution in [2.45, 2.75) is 26.4 Å². The highest BCUT2D eigenvalue weighted by atomic mass is 16.5. The first-order chi connectivity index (χ1) is 15.8. The van der Waals surface area contributed by atoms with Crippen LogP contribution in [0.25, 0.3) is 22.6 Å². The van der Waals surface area contributed by atoms with E-state index in [0.717, 1.165) is 60.1 Å². The van der Waals surface area contributed by atoms with Crippen LogP contribution in [0.15, 0.2) is 73.3 Å². The third-order valence-corrected chi connectivity index (χ3v) is 5.62. The minimum atomic E-state index is 0.658. The van der Waals surface area contributed by atoms with Gasteiger partial charge in [0.2, 0.25) is 0 Å². The Balaban J connectivity index is 1.25. The quantitative estimate of drug-likeness (QED) is 0.453. The van der Waals surface area contributed by atoms with Gasteiger partial charge in [0.15, 0.2) is 5.82 Å². The van der Waals surface area contributed by atoms with E-state index in [1.165, 1.54) is 11.1 Å². The predicted octanol–water partition coefficient (Wildman–Crippen LogP) is 4.56. The zero-order valence-corrected chi connectivity index (χ0v) is 18.1. The molecule has 6 nitrogen and oxygen atoms in total. The largest absolute Gasteiger partial charge is 0.494 e.